The molecule has 0 fully saturated rings. The van der Waals surface area contributed by atoms with Crippen LogP contribution in [0.25, 0.3) is 11.4 Å². The van der Waals surface area contributed by atoms with Crippen molar-refractivity contribution >= 4 is 11.9 Å². The fraction of sp³-hybridized carbons (Fsp3) is 0.143. The number of aromatic nitrogens is 3. The van der Waals surface area contributed by atoms with Crippen molar-refractivity contribution in [2.75, 3.05) is 12.4 Å². The monoisotopic (exact) mass is 371 g/mol. The standard InChI is InChI=1S/C21H17N5O2/c1-13-17(20(27)28-2)18(15-10-8-14(12-22)9-11-15)26-21(23-13)24-19(25-26)16-6-4-3-5-7-16/h3-11,18H,1-2H3,(H,23,24,25)/t18-/m1/s1. The quantitative estimate of drug-likeness (QED) is 0.710. The Morgan fingerprint density at radius 1 is 1.18 bits per heavy atom. The van der Waals surface area contributed by atoms with Gasteiger partial charge < -0.3 is 10.1 Å². The van der Waals surface area contributed by atoms with Gasteiger partial charge >= 0.3 is 5.97 Å². The average molecular weight is 371 g/mol. The number of nitriles is 1. The highest BCUT2D eigenvalue weighted by molar-refractivity contribution is 5.92. The molecular formula is C21H17N5O2. The van der Waals surface area contributed by atoms with Gasteiger partial charge in [0.1, 0.15) is 6.04 Å². The number of ether oxygens (including phenoxy) is 1. The highest BCUT2D eigenvalue weighted by Gasteiger charge is 2.35. The fourth-order valence-electron chi connectivity index (χ4n) is 3.28. The minimum absolute atomic E-state index is 0.443. The maximum absolute atomic E-state index is 12.5. The number of anilines is 1. The molecule has 138 valence electrons. The molecule has 1 atom stereocenters. The molecule has 0 amide bonds. The van der Waals surface area contributed by atoms with Gasteiger partial charge in [-0.25, -0.2) is 9.48 Å². The number of benzene rings is 2. The zero-order chi connectivity index (χ0) is 19.7. The van der Waals surface area contributed by atoms with Crippen LogP contribution in [0.1, 0.15) is 24.1 Å². The number of fused-ring (bicyclic) bond motifs is 1. The van der Waals surface area contributed by atoms with Gasteiger partial charge in [0, 0.05) is 11.3 Å². The first-order valence-corrected chi connectivity index (χ1v) is 8.70. The number of carbonyl (C=O) groups is 1. The fourth-order valence-corrected chi connectivity index (χ4v) is 3.28. The van der Waals surface area contributed by atoms with Crippen molar-refractivity contribution in [2.45, 2.75) is 13.0 Å². The maximum atomic E-state index is 12.5. The molecule has 0 aliphatic carbocycles. The molecule has 0 saturated carbocycles. The number of methoxy groups -OCH3 is 1. The lowest BCUT2D eigenvalue weighted by Gasteiger charge is -2.27. The van der Waals surface area contributed by atoms with E-state index < -0.39 is 12.0 Å². The van der Waals surface area contributed by atoms with Crippen molar-refractivity contribution in [3.05, 3.63) is 77.0 Å². The molecule has 0 spiro atoms. The van der Waals surface area contributed by atoms with Gasteiger partial charge in [-0.1, -0.05) is 42.5 Å². The van der Waals surface area contributed by atoms with Crippen molar-refractivity contribution in [1.82, 2.24) is 14.8 Å². The van der Waals surface area contributed by atoms with Crippen LogP contribution in [0.15, 0.2) is 65.9 Å². The molecule has 1 aliphatic heterocycles. The predicted molar refractivity (Wildman–Crippen MR) is 103 cm³/mol. The van der Waals surface area contributed by atoms with E-state index in [4.69, 9.17) is 10.00 Å². The van der Waals surface area contributed by atoms with Gasteiger partial charge in [0.05, 0.1) is 24.3 Å². The van der Waals surface area contributed by atoms with E-state index >= 15 is 0 Å². The molecule has 2 aromatic carbocycles. The van der Waals surface area contributed by atoms with Gasteiger partial charge in [-0.15, -0.1) is 5.10 Å². The Morgan fingerprint density at radius 2 is 1.89 bits per heavy atom. The third-order valence-electron chi connectivity index (χ3n) is 4.65. The summed E-state index contributed by atoms with van der Waals surface area (Å²) in [6, 6.07) is 18.3. The molecule has 0 saturated heterocycles. The molecule has 1 aromatic heterocycles. The minimum atomic E-state index is -0.513. The lowest BCUT2D eigenvalue weighted by molar-refractivity contribution is -0.136. The zero-order valence-corrected chi connectivity index (χ0v) is 15.4. The Hall–Kier alpha value is -3.92. The summed E-state index contributed by atoms with van der Waals surface area (Å²) in [5, 5.41) is 16.9. The Labute approximate surface area is 161 Å². The summed E-state index contributed by atoms with van der Waals surface area (Å²) in [7, 11) is 1.35. The summed E-state index contributed by atoms with van der Waals surface area (Å²) < 4.78 is 6.70. The van der Waals surface area contributed by atoms with E-state index in [1.807, 2.05) is 49.4 Å². The Morgan fingerprint density at radius 3 is 2.54 bits per heavy atom. The number of hydrogen-bond acceptors (Lipinski definition) is 6. The highest BCUT2D eigenvalue weighted by Crippen LogP contribution is 2.36. The number of allylic oxidation sites excluding steroid dienone is 1. The van der Waals surface area contributed by atoms with Crippen LogP contribution >= 0.6 is 0 Å². The summed E-state index contributed by atoms with van der Waals surface area (Å²) in [5.41, 5.74) is 3.33. The molecule has 1 aliphatic rings. The minimum Gasteiger partial charge on any atom is -0.466 e. The van der Waals surface area contributed by atoms with E-state index in [0.29, 0.717) is 28.6 Å². The summed E-state index contributed by atoms with van der Waals surface area (Å²) >= 11 is 0. The van der Waals surface area contributed by atoms with E-state index in [2.05, 4.69) is 21.5 Å². The molecular weight excluding hydrogens is 354 g/mol. The second-order valence-electron chi connectivity index (χ2n) is 6.36. The summed E-state index contributed by atoms with van der Waals surface area (Å²) in [6.45, 7) is 1.81. The van der Waals surface area contributed by atoms with Crippen molar-refractivity contribution < 1.29 is 9.53 Å². The average Bonchev–Trinajstić information content (AvgIpc) is 3.16. The van der Waals surface area contributed by atoms with Crippen LogP contribution in [0.5, 0.6) is 0 Å². The van der Waals surface area contributed by atoms with Crippen LogP contribution in [0.2, 0.25) is 0 Å². The van der Waals surface area contributed by atoms with Crippen LogP contribution < -0.4 is 5.32 Å². The number of hydrogen-bond donors (Lipinski definition) is 1. The van der Waals surface area contributed by atoms with Crippen LogP contribution in [0, 0.1) is 11.3 Å². The van der Waals surface area contributed by atoms with Gasteiger partial charge in [0.15, 0.2) is 5.82 Å². The lowest BCUT2D eigenvalue weighted by atomic mass is 9.95. The zero-order valence-electron chi connectivity index (χ0n) is 15.4. The number of nitrogens with zero attached hydrogens (tertiary/aromatic N) is 4. The van der Waals surface area contributed by atoms with Crippen molar-refractivity contribution in [2.24, 2.45) is 0 Å². The topological polar surface area (TPSA) is 92.8 Å². The molecule has 3 aromatic rings. The third kappa shape index (κ3) is 2.91. The lowest BCUT2D eigenvalue weighted by Crippen LogP contribution is -2.29. The van der Waals surface area contributed by atoms with Crippen LogP contribution in [0.3, 0.4) is 0 Å². The second kappa shape index (κ2) is 7.00. The van der Waals surface area contributed by atoms with Crippen LogP contribution in [-0.4, -0.2) is 27.8 Å². The van der Waals surface area contributed by atoms with E-state index in [1.165, 1.54) is 7.11 Å². The molecule has 0 bridgehead atoms. The summed E-state index contributed by atoms with van der Waals surface area (Å²) in [6.07, 6.45) is 0. The number of carbonyl (C=O) groups excluding carboxylic acids is 1. The van der Waals surface area contributed by atoms with E-state index in [9.17, 15) is 4.79 Å². The van der Waals surface area contributed by atoms with Crippen molar-refractivity contribution in [1.29, 1.82) is 5.26 Å². The number of rotatable bonds is 3. The normalized spacial score (nSPS) is 15.4. The first-order chi connectivity index (χ1) is 13.6. The Bertz CT molecular complexity index is 1110. The smallest absolute Gasteiger partial charge is 0.338 e. The van der Waals surface area contributed by atoms with Crippen LogP contribution in [0.4, 0.5) is 5.95 Å². The summed E-state index contributed by atoms with van der Waals surface area (Å²) in [4.78, 5) is 17.1. The maximum Gasteiger partial charge on any atom is 0.338 e. The summed E-state index contributed by atoms with van der Waals surface area (Å²) in [5.74, 6) is 0.654. The third-order valence-corrected chi connectivity index (χ3v) is 4.65. The molecule has 4 rings (SSSR count). The van der Waals surface area contributed by atoms with Gasteiger partial charge in [-0.2, -0.15) is 10.2 Å². The Kier molecular flexibility index (Phi) is 4.38. The SMILES string of the molecule is COC(=O)C1=C(C)Nc2nc(-c3ccccc3)nn2[C@@H]1c1ccc(C#N)cc1. The predicted octanol–water partition coefficient (Wildman–Crippen LogP) is 3.28. The van der Waals surface area contributed by atoms with E-state index in [-0.39, 0.29) is 0 Å². The number of esters is 1. The van der Waals surface area contributed by atoms with Crippen molar-refractivity contribution in [3.8, 4) is 17.5 Å². The number of nitrogens with one attached hydrogen (secondary N) is 1. The van der Waals surface area contributed by atoms with Gasteiger partial charge in [0.25, 0.3) is 0 Å². The van der Waals surface area contributed by atoms with Crippen LogP contribution in [-0.2, 0) is 9.53 Å². The van der Waals surface area contributed by atoms with Gasteiger partial charge in [-0.05, 0) is 24.6 Å². The first-order valence-electron chi connectivity index (χ1n) is 8.70. The Balaban J connectivity index is 1.88. The molecule has 7 heteroatoms. The molecule has 0 radical (unpaired) electrons. The van der Waals surface area contributed by atoms with Crippen molar-refractivity contribution in [3.63, 3.8) is 0 Å². The van der Waals surface area contributed by atoms with Gasteiger partial charge in [0.2, 0.25) is 5.95 Å². The molecule has 2 heterocycles. The largest absolute Gasteiger partial charge is 0.466 e. The molecule has 1 N–H and O–H groups in total. The highest BCUT2D eigenvalue weighted by atomic mass is 16.5. The molecule has 0 unspecified atom stereocenters. The first kappa shape index (κ1) is 17.5. The van der Waals surface area contributed by atoms with E-state index in [0.717, 1.165) is 11.1 Å². The molecule has 7 nitrogen and oxygen atoms in total. The van der Waals surface area contributed by atoms with E-state index in [1.54, 1.807) is 16.8 Å². The van der Waals surface area contributed by atoms with Gasteiger partial charge in [-0.3, -0.25) is 0 Å². The molecule has 28 heavy (non-hydrogen) atoms. The second-order valence-corrected chi connectivity index (χ2v) is 6.36.